The summed E-state index contributed by atoms with van der Waals surface area (Å²) < 4.78 is 10.6. The molecule has 2 aliphatic rings. The number of nitrogens with one attached hydrogen (secondary N) is 1. The molecular formula is C21H26N4O4. The lowest BCUT2D eigenvalue weighted by molar-refractivity contribution is -0.126. The lowest BCUT2D eigenvalue weighted by Gasteiger charge is -2.18. The van der Waals surface area contributed by atoms with Gasteiger partial charge in [-0.05, 0) is 49.9 Å². The zero-order chi connectivity index (χ0) is 20.4. The molecule has 1 N–H and O–H groups in total. The van der Waals surface area contributed by atoms with E-state index in [4.69, 9.17) is 9.26 Å². The number of rotatable bonds is 5. The number of benzene rings is 1. The number of ether oxygens (including phenoxy) is 1. The highest BCUT2D eigenvalue weighted by Gasteiger charge is 2.35. The largest absolute Gasteiger partial charge is 0.381 e. The van der Waals surface area contributed by atoms with E-state index < -0.39 is 0 Å². The molecule has 1 unspecified atom stereocenters. The summed E-state index contributed by atoms with van der Waals surface area (Å²) in [7, 11) is 0. The average molecular weight is 398 g/mol. The van der Waals surface area contributed by atoms with E-state index in [1.807, 2.05) is 32.0 Å². The first-order valence-corrected chi connectivity index (χ1v) is 10.1. The molecule has 0 saturated carbocycles. The highest BCUT2D eigenvalue weighted by molar-refractivity contribution is 6.00. The molecule has 154 valence electrons. The average Bonchev–Trinajstić information content (AvgIpc) is 3.36. The fraction of sp³-hybridized carbons (Fsp3) is 0.524. The number of aromatic nitrogens is 2. The zero-order valence-corrected chi connectivity index (χ0v) is 16.8. The molecule has 29 heavy (non-hydrogen) atoms. The molecule has 2 amide bonds. The second-order valence-electron chi connectivity index (χ2n) is 7.82. The van der Waals surface area contributed by atoms with E-state index in [2.05, 4.69) is 15.5 Å². The van der Waals surface area contributed by atoms with Crippen LogP contribution in [0.5, 0.6) is 0 Å². The maximum atomic E-state index is 12.6. The van der Waals surface area contributed by atoms with Crippen molar-refractivity contribution in [3.05, 3.63) is 41.0 Å². The number of hydrogen-bond acceptors (Lipinski definition) is 6. The molecule has 1 aromatic carbocycles. The summed E-state index contributed by atoms with van der Waals surface area (Å²) >= 11 is 0. The Morgan fingerprint density at radius 1 is 1.24 bits per heavy atom. The van der Waals surface area contributed by atoms with Crippen molar-refractivity contribution in [3.63, 3.8) is 0 Å². The molecule has 0 radical (unpaired) electrons. The minimum atomic E-state index is -0.387. The van der Waals surface area contributed by atoms with Gasteiger partial charge in [0.1, 0.15) is 0 Å². The third-order valence-corrected chi connectivity index (χ3v) is 5.78. The monoisotopic (exact) mass is 398 g/mol. The van der Waals surface area contributed by atoms with Gasteiger partial charge < -0.3 is 19.5 Å². The zero-order valence-electron chi connectivity index (χ0n) is 16.8. The Labute approximate surface area is 169 Å². The number of carbonyl (C=O) groups excluding carboxylic acids is 2. The van der Waals surface area contributed by atoms with Gasteiger partial charge in [-0.15, -0.1) is 0 Å². The van der Waals surface area contributed by atoms with Crippen molar-refractivity contribution in [1.29, 1.82) is 0 Å². The molecule has 3 heterocycles. The number of amides is 2. The summed E-state index contributed by atoms with van der Waals surface area (Å²) in [6.45, 7) is 6.01. The molecule has 1 aromatic heterocycles. The molecule has 0 aliphatic carbocycles. The Bertz CT molecular complexity index is 904. The standard InChI is InChI=1S/C21H26N4O4/c1-13-3-4-17(9-14(13)2)25-12-16(10-19(25)26)21(27)22-11-18-23-20(24-29-18)15-5-7-28-8-6-15/h3-4,9,15-16H,5-8,10-12H2,1-2H3,(H,22,27). The topological polar surface area (TPSA) is 97.6 Å². The highest BCUT2D eigenvalue weighted by atomic mass is 16.5. The van der Waals surface area contributed by atoms with E-state index in [0.717, 1.165) is 24.1 Å². The maximum Gasteiger partial charge on any atom is 0.246 e. The highest BCUT2D eigenvalue weighted by Crippen LogP contribution is 2.27. The Kier molecular flexibility index (Phi) is 5.62. The van der Waals surface area contributed by atoms with Crippen LogP contribution in [0.25, 0.3) is 0 Å². The number of hydrogen-bond donors (Lipinski definition) is 1. The molecule has 8 heteroatoms. The van der Waals surface area contributed by atoms with Crippen molar-refractivity contribution in [2.75, 3.05) is 24.7 Å². The first-order chi connectivity index (χ1) is 14.0. The summed E-state index contributed by atoms with van der Waals surface area (Å²) in [5, 5.41) is 6.87. The second-order valence-corrected chi connectivity index (χ2v) is 7.82. The van der Waals surface area contributed by atoms with E-state index >= 15 is 0 Å². The van der Waals surface area contributed by atoms with Crippen LogP contribution in [0.2, 0.25) is 0 Å². The smallest absolute Gasteiger partial charge is 0.246 e. The maximum absolute atomic E-state index is 12.6. The summed E-state index contributed by atoms with van der Waals surface area (Å²) in [5.74, 6) is 0.714. The molecule has 1 atom stereocenters. The van der Waals surface area contributed by atoms with Crippen molar-refractivity contribution < 1.29 is 18.8 Å². The van der Waals surface area contributed by atoms with E-state index in [1.165, 1.54) is 5.56 Å². The van der Waals surface area contributed by atoms with Gasteiger partial charge in [-0.25, -0.2) is 0 Å². The van der Waals surface area contributed by atoms with E-state index in [1.54, 1.807) is 4.90 Å². The Morgan fingerprint density at radius 3 is 2.79 bits per heavy atom. The van der Waals surface area contributed by atoms with Crippen LogP contribution >= 0.6 is 0 Å². The Balaban J connectivity index is 1.33. The van der Waals surface area contributed by atoms with Gasteiger partial charge in [0.15, 0.2) is 5.82 Å². The molecule has 2 saturated heterocycles. The van der Waals surface area contributed by atoms with Crippen LogP contribution in [-0.4, -0.2) is 41.7 Å². The number of carbonyl (C=O) groups is 2. The van der Waals surface area contributed by atoms with Crippen LogP contribution in [0.1, 0.15) is 48.0 Å². The first kappa shape index (κ1) is 19.6. The number of aryl methyl sites for hydroxylation is 2. The van der Waals surface area contributed by atoms with Gasteiger partial charge >= 0.3 is 0 Å². The Morgan fingerprint density at radius 2 is 2.03 bits per heavy atom. The van der Waals surface area contributed by atoms with E-state index in [0.29, 0.717) is 31.5 Å². The molecule has 4 rings (SSSR count). The molecule has 0 spiro atoms. The Hall–Kier alpha value is -2.74. The van der Waals surface area contributed by atoms with Crippen LogP contribution in [0.3, 0.4) is 0 Å². The second kappa shape index (κ2) is 8.32. The van der Waals surface area contributed by atoms with Crippen LogP contribution in [0.4, 0.5) is 5.69 Å². The van der Waals surface area contributed by atoms with E-state index in [-0.39, 0.29) is 36.6 Å². The molecule has 8 nitrogen and oxygen atoms in total. The lowest BCUT2D eigenvalue weighted by Crippen LogP contribution is -2.32. The minimum Gasteiger partial charge on any atom is -0.381 e. The van der Waals surface area contributed by atoms with Gasteiger partial charge in [0.05, 0.1) is 12.5 Å². The van der Waals surface area contributed by atoms with Crippen molar-refractivity contribution in [1.82, 2.24) is 15.5 Å². The summed E-state index contributed by atoms with van der Waals surface area (Å²) in [4.78, 5) is 31.1. The lowest BCUT2D eigenvalue weighted by atomic mass is 10.00. The van der Waals surface area contributed by atoms with E-state index in [9.17, 15) is 9.59 Å². The van der Waals surface area contributed by atoms with Gasteiger partial charge in [0.25, 0.3) is 0 Å². The van der Waals surface area contributed by atoms with Crippen LogP contribution < -0.4 is 10.2 Å². The molecule has 2 fully saturated rings. The van der Waals surface area contributed by atoms with Gasteiger partial charge in [0, 0.05) is 37.8 Å². The number of nitrogens with zero attached hydrogens (tertiary/aromatic N) is 3. The summed E-state index contributed by atoms with van der Waals surface area (Å²) in [6.07, 6.45) is 1.96. The van der Waals surface area contributed by atoms with Crippen molar-refractivity contribution in [3.8, 4) is 0 Å². The fourth-order valence-corrected chi connectivity index (χ4v) is 3.79. The van der Waals surface area contributed by atoms with Gasteiger partial charge in [-0.2, -0.15) is 4.98 Å². The van der Waals surface area contributed by atoms with Gasteiger partial charge in [-0.1, -0.05) is 11.2 Å². The van der Waals surface area contributed by atoms with Crippen molar-refractivity contribution in [2.24, 2.45) is 5.92 Å². The number of anilines is 1. The fourth-order valence-electron chi connectivity index (χ4n) is 3.79. The van der Waals surface area contributed by atoms with Crippen LogP contribution in [0, 0.1) is 19.8 Å². The normalized spacial score (nSPS) is 20.3. The van der Waals surface area contributed by atoms with Crippen molar-refractivity contribution in [2.45, 2.75) is 45.6 Å². The quantitative estimate of drug-likeness (QED) is 0.830. The summed E-state index contributed by atoms with van der Waals surface area (Å²) in [6, 6.07) is 5.91. The molecular weight excluding hydrogens is 372 g/mol. The predicted octanol–water partition coefficient (Wildman–Crippen LogP) is 2.25. The molecule has 0 bridgehead atoms. The van der Waals surface area contributed by atoms with Crippen LogP contribution in [-0.2, 0) is 20.9 Å². The van der Waals surface area contributed by atoms with Crippen LogP contribution in [0.15, 0.2) is 22.7 Å². The minimum absolute atomic E-state index is 0.0343. The predicted molar refractivity (Wildman–Crippen MR) is 105 cm³/mol. The molecule has 2 aliphatic heterocycles. The molecule has 2 aromatic rings. The van der Waals surface area contributed by atoms with Gasteiger partial charge in [0.2, 0.25) is 17.7 Å². The third kappa shape index (κ3) is 4.32. The van der Waals surface area contributed by atoms with Crippen molar-refractivity contribution >= 4 is 17.5 Å². The third-order valence-electron chi connectivity index (χ3n) is 5.78. The van der Waals surface area contributed by atoms with Gasteiger partial charge in [-0.3, -0.25) is 9.59 Å². The SMILES string of the molecule is Cc1ccc(N2CC(C(=O)NCc3nc(C4CCOCC4)no3)CC2=O)cc1C. The first-order valence-electron chi connectivity index (χ1n) is 10.1. The summed E-state index contributed by atoms with van der Waals surface area (Å²) in [5.41, 5.74) is 3.14.